The van der Waals surface area contributed by atoms with Crippen LogP contribution in [-0.4, -0.2) is 10.1 Å². The van der Waals surface area contributed by atoms with Crippen LogP contribution in [0.4, 0.5) is 0 Å². The van der Waals surface area contributed by atoms with Crippen LogP contribution >= 0.6 is 11.8 Å². The number of hydrogen-bond donors (Lipinski definition) is 0. The Hall–Kier alpha value is -2.33. The number of fused-ring (bicyclic) bond motifs is 1. The third-order valence-electron chi connectivity index (χ3n) is 2.67. The van der Waals surface area contributed by atoms with E-state index in [1.807, 2.05) is 54.6 Å². The first-order valence-corrected chi connectivity index (χ1v) is 6.93. The molecule has 0 N–H and O–H groups in total. The molecule has 0 atom stereocenters. The van der Waals surface area contributed by atoms with Crippen molar-refractivity contribution in [3.63, 3.8) is 0 Å². The van der Waals surface area contributed by atoms with E-state index in [0.717, 1.165) is 22.8 Å². The topological polar surface area (TPSA) is 43.1 Å². The number of carbonyl (C=O) groups is 1. The van der Waals surface area contributed by atoms with E-state index < -0.39 is 0 Å². The van der Waals surface area contributed by atoms with Crippen molar-refractivity contribution in [2.24, 2.45) is 0 Å². The van der Waals surface area contributed by atoms with Crippen molar-refractivity contribution in [3.05, 3.63) is 66.2 Å². The number of hydrogen-bond acceptors (Lipinski definition) is 4. The van der Waals surface area contributed by atoms with Crippen LogP contribution in [0.2, 0.25) is 0 Å². The quantitative estimate of drug-likeness (QED) is 0.534. The number of thioether (sulfide) groups is 1. The van der Waals surface area contributed by atoms with Gasteiger partial charge in [-0.15, -0.1) is 0 Å². The molecule has 0 saturated carbocycles. The summed E-state index contributed by atoms with van der Waals surface area (Å²) in [5.41, 5.74) is 2.43. The van der Waals surface area contributed by atoms with Gasteiger partial charge in [0.05, 0.1) is 0 Å². The van der Waals surface area contributed by atoms with Gasteiger partial charge < -0.3 is 4.42 Å². The maximum atomic E-state index is 11.8. The maximum Gasteiger partial charge on any atom is 0.264 e. The van der Waals surface area contributed by atoms with Crippen molar-refractivity contribution in [2.45, 2.75) is 5.22 Å². The first kappa shape index (κ1) is 12.7. The molecule has 0 radical (unpaired) electrons. The summed E-state index contributed by atoms with van der Waals surface area (Å²) in [6.07, 6.45) is 3.30. The molecule has 0 spiro atoms. The fraction of sp³-hybridized carbons (Fsp3) is 0. The molecule has 0 amide bonds. The Morgan fingerprint density at radius 3 is 2.60 bits per heavy atom. The molecule has 0 aliphatic carbocycles. The minimum absolute atomic E-state index is 0.111. The standard InChI is InChI=1S/C16H11NO2S/c18-15(11-10-12-6-2-1-3-7-12)20-16-17-13-8-4-5-9-14(13)19-16/h1-11H/b11-10+. The number of para-hydroxylation sites is 2. The van der Waals surface area contributed by atoms with E-state index in [-0.39, 0.29) is 5.12 Å². The van der Waals surface area contributed by atoms with Crippen molar-refractivity contribution in [2.75, 3.05) is 0 Å². The molecule has 0 bridgehead atoms. The summed E-state index contributed by atoms with van der Waals surface area (Å²) in [5.74, 6) is 0. The van der Waals surface area contributed by atoms with E-state index in [0.29, 0.717) is 10.8 Å². The second-order valence-electron chi connectivity index (χ2n) is 4.11. The molecule has 0 aliphatic heterocycles. The minimum Gasteiger partial charge on any atom is -0.431 e. The van der Waals surface area contributed by atoms with Gasteiger partial charge in [-0.1, -0.05) is 48.5 Å². The third-order valence-corrected chi connectivity index (χ3v) is 3.36. The molecule has 1 aromatic heterocycles. The van der Waals surface area contributed by atoms with Crippen molar-refractivity contribution in [3.8, 4) is 0 Å². The number of nitrogens with zero attached hydrogens (tertiary/aromatic N) is 1. The second kappa shape index (κ2) is 5.75. The van der Waals surface area contributed by atoms with E-state index in [1.165, 1.54) is 6.08 Å². The summed E-state index contributed by atoms with van der Waals surface area (Å²) in [6, 6.07) is 17.1. The van der Waals surface area contributed by atoms with Crippen molar-refractivity contribution >= 4 is 34.1 Å². The predicted octanol–water partition coefficient (Wildman–Crippen LogP) is 4.16. The van der Waals surface area contributed by atoms with Gasteiger partial charge in [0.25, 0.3) is 5.22 Å². The first-order valence-electron chi connectivity index (χ1n) is 6.12. The van der Waals surface area contributed by atoms with Crippen molar-refractivity contribution < 1.29 is 9.21 Å². The van der Waals surface area contributed by atoms with Crippen LogP contribution in [0, 0.1) is 0 Å². The molecule has 3 nitrogen and oxygen atoms in total. The van der Waals surface area contributed by atoms with Crippen molar-refractivity contribution in [1.82, 2.24) is 4.98 Å². The summed E-state index contributed by atoms with van der Waals surface area (Å²) in [7, 11) is 0. The molecule has 4 heteroatoms. The van der Waals surface area contributed by atoms with Gasteiger partial charge in [0.15, 0.2) is 5.58 Å². The molecule has 0 aliphatic rings. The molecule has 20 heavy (non-hydrogen) atoms. The first-order chi connectivity index (χ1) is 9.81. The fourth-order valence-electron chi connectivity index (χ4n) is 1.74. The van der Waals surface area contributed by atoms with Crippen molar-refractivity contribution in [1.29, 1.82) is 0 Å². The Balaban J connectivity index is 1.71. The van der Waals surface area contributed by atoms with Crippen LogP contribution in [0.5, 0.6) is 0 Å². The van der Waals surface area contributed by atoms with Gasteiger partial charge in [-0.25, -0.2) is 4.98 Å². The molecule has 98 valence electrons. The zero-order chi connectivity index (χ0) is 13.8. The number of carbonyl (C=O) groups excluding carboxylic acids is 1. The molecule has 3 rings (SSSR count). The van der Waals surface area contributed by atoms with Crippen LogP contribution in [0.15, 0.2) is 70.3 Å². The van der Waals surface area contributed by atoms with Crippen LogP contribution in [-0.2, 0) is 4.79 Å². The fourth-order valence-corrected chi connectivity index (χ4v) is 2.33. The molecule has 1 heterocycles. The second-order valence-corrected chi connectivity index (χ2v) is 5.07. The SMILES string of the molecule is O=C(/C=C/c1ccccc1)Sc1nc2ccccc2o1. The normalized spacial score (nSPS) is 11.2. The summed E-state index contributed by atoms with van der Waals surface area (Å²) in [5, 5.41) is 0.259. The minimum atomic E-state index is -0.111. The average Bonchev–Trinajstić information content (AvgIpc) is 2.88. The maximum absolute atomic E-state index is 11.8. The highest BCUT2D eigenvalue weighted by Gasteiger charge is 2.09. The Bertz CT molecular complexity index is 729. The van der Waals surface area contributed by atoms with Gasteiger partial charge in [-0.05, 0) is 23.8 Å². The zero-order valence-corrected chi connectivity index (χ0v) is 11.3. The Morgan fingerprint density at radius 1 is 1.05 bits per heavy atom. The number of aromatic nitrogens is 1. The highest BCUT2D eigenvalue weighted by atomic mass is 32.2. The predicted molar refractivity (Wildman–Crippen MR) is 80.3 cm³/mol. The Morgan fingerprint density at radius 2 is 1.80 bits per heavy atom. The average molecular weight is 281 g/mol. The largest absolute Gasteiger partial charge is 0.431 e. The van der Waals surface area contributed by atoms with Crippen LogP contribution in [0.25, 0.3) is 17.2 Å². The Kier molecular flexibility index (Phi) is 3.65. The van der Waals surface area contributed by atoms with E-state index in [1.54, 1.807) is 6.08 Å². The van der Waals surface area contributed by atoms with Crippen LogP contribution in [0.1, 0.15) is 5.56 Å². The number of benzene rings is 2. The molecule has 0 fully saturated rings. The van der Waals surface area contributed by atoms with Gasteiger partial charge in [0.1, 0.15) is 5.52 Å². The molecule has 0 unspecified atom stereocenters. The van der Waals surface area contributed by atoms with Crippen LogP contribution in [0.3, 0.4) is 0 Å². The zero-order valence-electron chi connectivity index (χ0n) is 10.5. The highest BCUT2D eigenvalue weighted by Crippen LogP contribution is 2.24. The third kappa shape index (κ3) is 2.97. The molecule has 3 aromatic rings. The van der Waals surface area contributed by atoms with Crippen LogP contribution < -0.4 is 0 Å². The summed E-state index contributed by atoms with van der Waals surface area (Å²) < 4.78 is 5.49. The summed E-state index contributed by atoms with van der Waals surface area (Å²) in [4.78, 5) is 16.1. The lowest BCUT2D eigenvalue weighted by Crippen LogP contribution is -1.84. The van der Waals surface area contributed by atoms with Gasteiger partial charge in [-0.2, -0.15) is 0 Å². The number of oxazole rings is 1. The molecule has 2 aromatic carbocycles. The van der Waals surface area contributed by atoms with E-state index in [9.17, 15) is 4.79 Å². The molecule has 0 saturated heterocycles. The van der Waals surface area contributed by atoms with E-state index in [4.69, 9.17) is 4.42 Å². The van der Waals surface area contributed by atoms with Gasteiger partial charge >= 0.3 is 0 Å². The smallest absolute Gasteiger partial charge is 0.264 e. The lowest BCUT2D eigenvalue weighted by molar-refractivity contribution is -0.107. The Labute approximate surface area is 120 Å². The summed E-state index contributed by atoms with van der Waals surface area (Å²) in [6.45, 7) is 0. The van der Waals surface area contributed by atoms with Gasteiger partial charge in [0.2, 0.25) is 5.12 Å². The number of rotatable bonds is 3. The molecular formula is C16H11NO2S. The van der Waals surface area contributed by atoms with Gasteiger partial charge in [-0.3, -0.25) is 4.79 Å². The van der Waals surface area contributed by atoms with E-state index in [2.05, 4.69) is 4.98 Å². The lowest BCUT2D eigenvalue weighted by atomic mass is 10.2. The lowest BCUT2D eigenvalue weighted by Gasteiger charge is -1.91. The van der Waals surface area contributed by atoms with E-state index >= 15 is 0 Å². The van der Waals surface area contributed by atoms with Gasteiger partial charge in [0, 0.05) is 11.8 Å². The highest BCUT2D eigenvalue weighted by molar-refractivity contribution is 8.13. The monoisotopic (exact) mass is 281 g/mol. The molecular weight excluding hydrogens is 270 g/mol. The summed E-state index contributed by atoms with van der Waals surface area (Å²) >= 11 is 0.985.